The first kappa shape index (κ1) is 22.2. The number of nitro benzene ring substituents is 1. The minimum atomic E-state index is -1.11. The maximum Gasteiger partial charge on any atom is 0.511 e. The topological polar surface area (TPSA) is 123 Å². The number of benzene rings is 1. The molecule has 10 nitrogen and oxygen atoms in total. The molecule has 0 radical (unpaired) electrons. The molecule has 2 aromatic rings. The Morgan fingerprint density at radius 1 is 1.24 bits per heavy atom. The van der Waals surface area contributed by atoms with Crippen molar-refractivity contribution in [3.05, 3.63) is 50.2 Å². The van der Waals surface area contributed by atoms with Crippen molar-refractivity contribution in [2.45, 2.75) is 40.1 Å². The third kappa shape index (κ3) is 5.23. The number of aromatic nitrogens is 2. The lowest BCUT2D eigenvalue weighted by atomic mass is 10.0. The zero-order valence-electron chi connectivity index (χ0n) is 16.5. The van der Waals surface area contributed by atoms with Gasteiger partial charge in [-0.3, -0.25) is 14.9 Å². The molecule has 29 heavy (non-hydrogen) atoms. The summed E-state index contributed by atoms with van der Waals surface area (Å²) in [7, 11) is 1.52. The first-order valence-electron chi connectivity index (χ1n) is 8.57. The van der Waals surface area contributed by atoms with Gasteiger partial charge in [-0.25, -0.2) is 9.48 Å². The number of ether oxygens (including phenoxy) is 3. The second-order valence-electron chi connectivity index (χ2n) is 6.36. The molecular weight excluding hydrogens is 406 g/mol. The summed E-state index contributed by atoms with van der Waals surface area (Å²) >= 11 is 5.92. The summed E-state index contributed by atoms with van der Waals surface area (Å²) in [5.41, 5.74) is -0.348. The van der Waals surface area contributed by atoms with E-state index in [1.165, 1.54) is 30.8 Å². The third-order valence-corrected chi connectivity index (χ3v) is 3.90. The molecule has 0 spiro atoms. The highest BCUT2D eigenvalue weighted by Gasteiger charge is 2.30. The molecule has 1 atom stereocenters. The van der Waals surface area contributed by atoms with Gasteiger partial charge in [0.15, 0.2) is 0 Å². The number of nitro groups is 1. The van der Waals surface area contributed by atoms with E-state index in [1.807, 2.05) is 0 Å². The van der Waals surface area contributed by atoms with Crippen LogP contribution >= 0.6 is 11.6 Å². The monoisotopic (exact) mass is 425 g/mol. The quantitative estimate of drug-likeness (QED) is 0.216. The number of hydrogen-bond acceptors (Lipinski definition) is 8. The van der Waals surface area contributed by atoms with Crippen LogP contribution in [0.15, 0.2) is 18.2 Å². The van der Waals surface area contributed by atoms with Crippen molar-refractivity contribution in [2.75, 3.05) is 0 Å². The van der Waals surface area contributed by atoms with Crippen LogP contribution in [-0.2, 0) is 16.5 Å². The van der Waals surface area contributed by atoms with Gasteiger partial charge in [0.05, 0.1) is 16.7 Å². The van der Waals surface area contributed by atoms with Gasteiger partial charge < -0.3 is 14.2 Å². The number of ketones is 1. The summed E-state index contributed by atoms with van der Waals surface area (Å²) in [6.45, 7) is 6.30. The number of aryl methyl sites for hydroxylation is 2. The predicted molar refractivity (Wildman–Crippen MR) is 102 cm³/mol. The Morgan fingerprint density at radius 2 is 1.90 bits per heavy atom. The Morgan fingerprint density at radius 3 is 2.48 bits per heavy atom. The molecule has 0 saturated heterocycles. The van der Waals surface area contributed by atoms with Gasteiger partial charge in [0.2, 0.25) is 18.0 Å². The van der Waals surface area contributed by atoms with Gasteiger partial charge in [0, 0.05) is 25.1 Å². The van der Waals surface area contributed by atoms with Crippen LogP contribution in [-0.4, -0.2) is 39.0 Å². The molecule has 1 heterocycles. The van der Waals surface area contributed by atoms with E-state index < -0.39 is 28.8 Å². The minimum absolute atomic E-state index is 0.00876. The largest absolute Gasteiger partial charge is 0.511 e. The molecule has 0 aliphatic rings. The van der Waals surface area contributed by atoms with Gasteiger partial charge in [0.1, 0.15) is 11.1 Å². The van der Waals surface area contributed by atoms with Crippen LogP contribution in [0, 0.1) is 17.0 Å². The fourth-order valence-electron chi connectivity index (χ4n) is 2.55. The molecule has 0 fully saturated rings. The van der Waals surface area contributed by atoms with Gasteiger partial charge in [-0.15, -0.1) is 0 Å². The van der Waals surface area contributed by atoms with E-state index in [1.54, 1.807) is 20.8 Å². The first-order chi connectivity index (χ1) is 13.5. The molecule has 1 unspecified atom stereocenters. The van der Waals surface area contributed by atoms with Gasteiger partial charge in [-0.05, 0) is 32.9 Å². The highest BCUT2D eigenvalue weighted by molar-refractivity contribution is 6.31. The van der Waals surface area contributed by atoms with E-state index >= 15 is 0 Å². The lowest BCUT2D eigenvalue weighted by Crippen LogP contribution is -2.25. The van der Waals surface area contributed by atoms with E-state index in [9.17, 15) is 19.7 Å². The van der Waals surface area contributed by atoms with Crippen LogP contribution in [0.25, 0.3) is 0 Å². The second-order valence-corrected chi connectivity index (χ2v) is 6.79. The molecule has 0 bridgehead atoms. The molecule has 1 aromatic heterocycles. The summed E-state index contributed by atoms with van der Waals surface area (Å²) in [5.74, 6) is -0.719. The van der Waals surface area contributed by atoms with Gasteiger partial charge in [-0.2, -0.15) is 5.10 Å². The summed E-state index contributed by atoms with van der Waals surface area (Å²) in [6.07, 6.45) is -2.43. The van der Waals surface area contributed by atoms with Crippen LogP contribution in [0.5, 0.6) is 5.88 Å². The van der Waals surface area contributed by atoms with Crippen molar-refractivity contribution in [3.63, 3.8) is 0 Å². The molecule has 0 aliphatic carbocycles. The molecule has 2 rings (SSSR count). The molecule has 0 N–H and O–H groups in total. The van der Waals surface area contributed by atoms with Gasteiger partial charge in [0.25, 0.3) is 5.69 Å². The Hall–Kier alpha value is -3.14. The molecular formula is C18H20ClN3O7. The Bertz CT molecular complexity index is 955. The highest BCUT2D eigenvalue weighted by atomic mass is 35.5. The van der Waals surface area contributed by atoms with Crippen molar-refractivity contribution >= 4 is 29.2 Å². The standard InChI is InChI=1S/C18H20ClN3O7/c1-9(2)27-18(24)29-11(4)28-17-15(10(3)20-21(17)5)16(23)13-8-12(19)6-7-14(13)22(25)26/h6-9,11H,1-5H3. The molecule has 11 heteroatoms. The van der Waals surface area contributed by atoms with Crippen molar-refractivity contribution in [3.8, 4) is 5.88 Å². The SMILES string of the molecule is Cc1nn(C)c(OC(C)OC(=O)OC(C)C)c1C(=O)c1cc(Cl)ccc1[N+](=O)[O-]. The lowest BCUT2D eigenvalue weighted by molar-refractivity contribution is -0.385. The summed E-state index contributed by atoms with van der Waals surface area (Å²) in [6, 6.07) is 3.67. The number of nitrogens with zero attached hydrogens (tertiary/aromatic N) is 3. The fourth-order valence-corrected chi connectivity index (χ4v) is 2.73. The minimum Gasteiger partial charge on any atom is -0.437 e. The van der Waals surface area contributed by atoms with Gasteiger partial charge in [-0.1, -0.05) is 11.6 Å². The Labute approximate surface area is 171 Å². The molecule has 156 valence electrons. The molecule has 0 aliphatic heterocycles. The van der Waals surface area contributed by atoms with Crippen molar-refractivity contribution < 1.29 is 28.7 Å². The average Bonchev–Trinajstić information content (AvgIpc) is 2.86. The van der Waals surface area contributed by atoms with Crippen LogP contribution in [0.2, 0.25) is 5.02 Å². The number of carbonyl (C=O) groups excluding carboxylic acids is 2. The number of carbonyl (C=O) groups is 2. The smallest absolute Gasteiger partial charge is 0.437 e. The zero-order chi connectivity index (χ0) is 21.9. The van der Waals surface area contributed by atoms with Crippen molar-refractivity contribution in [1.82, 2.24) is 9.78 Å². The fraction of sp³-hybridized carbons (Fsp3) is 0.389. The average molecular weight is 426 g/mol. The van der Waals surface area contributed by atoms with Crippen molar-refractivity contribution in [2.24, 2.45) is 7.05 Å². The van der Waals surface area contributed by atoms with Gasteiger partial charge >= 0.3 is 6.16 Å². The van der Waals surface area contributed by atoms with E-state index in [0.29, 0.717) is 0 Å². The summed E-state index contributed by atoms with van der Waals surface area (Å²) in [4.78, 5) is 35.4. The van der Waals surface area contributed by atoms with Crippen LogP contribution in [0.3, 0.4) is 0 Å². The summed E-state index contributed by atoms with van der Waals surface area (Å²) < 4.78 is 16.7. The van der Waals surface area contributed by atoms with Crippen molar-refractivity contribution in [1.29, 1.82) is 0 Å². The Kier molecular flexibility index (Phi) is 6.80. The Balaban J connectivity index is 2.39. The maximum atomic E-state index is 13.1. The predicted octanol–water partition coefficient (Wildman–Crippen LogP) is 3.81. The van der Waals surface area contributed by atoms with E-state index in [-0.39, 0.29) is 33.8 Å². The maximum absolute atomic E-state index is 13.1. The van der Waals surface area contributed by atoms with E-state index in [0.717, 1.165) is 6.07 Å². The molecule has 0 amide bonds. The third-order valence-electron chi connectivity index (χ3n) is 3.67. The van der Waals surface area contributed by atoms with Crippen LogP contribution < -0.4 is 4.74 Å². The van der Waals surface area contributed by atoms with Crippen LogP contribution in [0.4, 0.5) is 10.5 Å². The van der Waals surface area contributed by atoms with E-state index in [2.05, 4.69) is 5.10 Å². The van der Waals surface area contributed by atoms with E-state index in [4.69, 9.17) is 25.8 Å². The lowest BCUT2D eigenvalue weighted by Gasteiger charge is -2.17. The first-order valence-corrected chi connectivity index (χ1v) is 8.95. The number of rotatable bonds is 7. The van der Waals surface area contributed by atoms with Crippen LogP contribution in [0.1, 0.15) is 42.4 Å². The number of hydrogen-bond donors (Lipinski definition) is 0. The molecule has 0 saturated carbocycles. The molecule has 1 aromatic carbocycles. The zero-order valence-corrected chi connectivity index (χ0v) is 17.2. The normalized spacial score (nSPS) is 11.8. The highest BCUT2D eigenvalue weighted by Crippen LogP contribution is 2.31. The number of halogens is 1. The second kappa shape index (κ2) is 8.91. The summed E-state index contributed by atoms with van der Waals surface area (Å²) in [5, 5.41) is 15.6.